The summed E-state index contributed by atoms with van der Waals surface area (Å²) in [6.45, 7) is 2.17. The van der Waals surface area contributed by atoms with E-state index in [0.717, 1.165) is 0 Å². The zero-order valence-corrected chi connectivity index (χ0v) is 5.91. The lowest BCUT2D eigenvalue weighted by Crippen LogP contribution is -2.02. The highest BCUT2D eigenvalue weighted by Crippen LogP contribution is 1.96. The van der Waals surface area contributed by atoms with Crippen LogP contribution in [0.1, 0.15) is 6.92 Å². The summed E-state index contributed by atoms with van der Waals surface area (Å²) in [4.78, 5) is 0. The maximum atomic E-state index is 2.17. The molecule has 1 unspecified atom stereocenters. The molecule has 1 rings (SSSR count). The van der Waals surface area contributed by atoms with Crippen molar-refractivity contribution in [1.82, 2.24) is 0 Å². The second kappa shape index (κ2) is 2.62. The molecule has 0 saturated heterocycles. The lowest BCUT2D eigenvalue weighted by molar-refractivity contribution is -0.418. The monoisotopic (exact) mass is 122 g/mol. The van der Waals surface area contributed by atoms with E-state index in [1.54, 1.807) is 0 Å². The second-order valence-corrected chi connectivity index (χ2v) is 2.40. The van der Waals surface area contributed by atoms with Gasteiger partial charge in [0.25, 0.3) is 0 Å². The summed E-state index contributed by atoms with van der Waals surface area (Å²) in [6, 6.07) is 0. The minimum absolute atomic E-state index is 0.560. The van der Waals surface area contributed by atoms with Crippen molar-refractivity contribution in [2.24, 2.45) is 5.92 Å². The summed E-state index contributed by atoms with van der Waals surface area (Å²) in [5.41, 5.74) is 0. The molecule has 48 valence electrons. The third-order valence-corrected chi connectivity index (χ3v) is 1.32. The molecule has 9 heavy (non-hydrogen) atoms. The fourth-order valence-electron chi connectivity index (χ4n) is 0.895. The van der Waals surface area contributed by atoms with E-state index < -0.39 is 0 Å². The van der Waals surface area contributed by atoms with Crippen LogP contribution in [0.4, 0.5) is 0 Å². The average Bonchev–Trinajstić information content (AvgIpc) is 1.93. The quantitative estimate of drug-likeness (QED) is 0.427. The Bertz CT molecular complexity index is 175. The van der Waals surface area contributed by atoms with E-state index in [4.69, 9.17) is 0 Å². The molecule has 1 heteroatoms. The average molecular weight is 122 g/mol. The van der Waals surface area contributed by atoms with Gasteiger partial charge < -0.3 is 0 Å². The van der Waals surface area contributed by atoms with Gasteiger partial charge in [-0.1, -0.05) is 12.2 Å². The van der Waals surface area contributed by atoms with E-state index >= 15 is 0 Å². The van der Waals surface area contributed by atoms with Crippen LogP contribution in [0.15, 0.2) is 24.4 Å². The van der Waals surface area contributed by atoms with Crippen LogP contribution < -0.4 is 0 Å². The summed E-state index contributed by atoms with van der Waals surface area (Å²) < 4.78 is 2.07. The summed E-state index contributed by atoms with van der Waals surface area (Å²) >= 11 is 0. The van der Waals surface area contributed by atoms with Crippen LogP contribution in [-0.2, 0) is 0 Å². The Morgan fingerprint density at radius 3 is 2.89 bits per heavy atom. The third kappa shape index (κ3) is 1.84. The predicted octanol–water partition coefficient (Wildman–Crippen LogP) is 1.42. The molecule has 0 aromatic heterocycles. The van der Waals surface area contributed by atoms with Crippen molar-refractivity contribution >= 4 is 6.21 Å². The van der Waals surface area contributed by atoms with E-state index in [9.17, 15) is 0 Å². The molecule has 1 nitrogen and oxygen atoms in total. The van der Waals surface area contributed by atoms with Crippen LogP contribution in [0.25, 0.3) is 0 Å². The van der Waals surface area contributed by atoms with Crippen molar-refractivity contribution in [3.8, 4) is 0 Å². The van der Waals surface area contributed by atoms with Gasteiger partial charge in [0.2, 0.25) is 0 Å². The van der Waals surface area contributed by atoms with Crippen LogP contribution in [-0.4, -0.2) is 17.8 Å². The molecule has 0 aromatic rings. The predicted molar refractivity (Wildman–Crippen MR) is 39.7 cm³/mol. The lowest BCUT2D eigenvalue weighted by atomic mass is 10.2. The standard InChI is InChI=1S/C8H12N/c1-8-5-3-4-6-9(2)7-8/h3-8H,1-2H3/q+1. The minimum atomic E-state index is 0.560. The first-order chi connectivity index (χ1) is 4.29. The first-order valence-corrected chi connectivity index (χ1v) is 3.21. The van der Waals surface area contributed by atoms with Crippen LogP contribution >= 0.6 is 0 Å². The van der Waals surface area contributed by atoms with Gasteiger partial charge in [-0.2, -0.15) is 0 Å². The van der Waals surface area contributed by atoms with Crippen molar-refractivity contribution in [2.75, 3.05) is 7.05 Å². The molecule has 0 bridgehead atoms. The van der Waals surface area contributed by atoms with Gasteiger partial charge in [0, 0.05) is 6.08 Å². The zero-order chi connectivity index (χ0) is 6.69. The highest BCUT2D eigenvalue weighted by Gasteiger charge is 1.98. The van der Waals surface area contributed by atoms with E-state index in [-0.39, 0.29) is 0 Å². The molecule has 1 heterocycles. The van der Waals surface area contributed by atoms with Crippen molar-refractivity contribution in [3.63, 3.8) is 0 Å². The minimum Gasteiger partial charge on any atom is -0.211 e. The molecule has 0 amide bonds. The van der Waals surface area contributed by atoms with Crippen LogP contribution in [0.2, 0.25) is 0 Å². The van der Waals surface area contributed by atoms with Gasteiger partial charge in [-0.15, -0.1) is 0 Å². The Morgan fingerprint density at radius 1 is 1.33 bits per heavy atom. The molecular formula is C8H12N+. The summed E-state index contributed by atoms with van der Waals surface area (Å²) in [5, 5.41) is 0. The molecule has 0 aromatic carbocycles. The first-order valence-electron chi connectivity index (χ1n) is 3.21. The Hall–Kier alpha value is -0.850. The Kier molecular flexibility index (Phi) is 1.83. The fourth-order valence-corrected chi connectivity index (χ4v) is 0.895. The van der Waals surface area contributed by atoms with Gasteiger partial charge in [0.1, 0.15) is 7.05 Å². The third-order valence-electron chi connectivity index (χ3n) is 1.32. The largest absolute Gasteiger partial charge is 0.211 e. The van der Waals surface area contributed by atoms with Crippen molar-refractivity contribution in [1.29, 1.82) is 0 Å². The van der Waals surface area contributed by atoms with Crippen LogP contribution in [0.5, 0.6) is 0 Å². The SMILES string of the molecule is CC1C=CC=C[N+](C)=C1. The number of hydrogen-bond donors (Lipinski definition) is 0. The van der Waals surface area contributed by atoms with E-state index in [1.165, 1.54) is 0 Å². The molecule has 0 saturated carbocycles. The summed E-state index contributed by atoms with van der Waals surface area (Å²) in [7, 11) is 2.04. The molecular weight excluding hydrogens is 110 g/mol. The smallest absolute Gasteiger partial charge is 0.168 e. The second-order valence-electron chi connectivity index (χ2n) is 2.40. The molecule has 0 fully saturated rings. The molecule has 0 spiro atoms. The van der Waals surface area contributed by atoms with Gasteiger partial charge in [-0.05, 0) is 6.92 Å². The van der Waals surface area contributed by atoms with E-state index in [0.29, 0.717) is 5.92 Å². The van der Waals surface area contributed by atoms with E-state index in [1.807, 2.05) is 19.3 Å². The van der Waals surface area contributed by atoms with Crippen molar-refractivity contribution in [3.05, 3.63) is 24.4 Å². The van der Waals surface area contributed by atoms with Crippen molar-refractivity contribution in [2.45, 2.75) is 6.92 Å². The van der Waals surface area contributed by atoms with Crippen LogP contribution in [0.3, 0.4) is 0 Å². The van der Waals surface area contributed by atoms with Gasteiger partial charge in [-0.3, -0.25) is 0 Å². The maximum absolute atomic E-state index is 2.17. The van der Waals surface area contributed by atoms with E-state index in [2.05, 4.69) is 29.9 Å². The topological polar surface area (TPSA) is 3.01 Å². The highest BCUT2D eigenvalue weighted by atomic mass is 14.9. The molecule has 1 aliphatic heterocycles. The number of nitrogens with zero attached hydrogens (tertiary/aromatic N) is 1. The van der Waals surface area contributed by atoms with Crippen molar-refractivity contribution < 1.29 is 4.58 Å². The van der Waals surface area contributed by atoms with Gasteiger partial charge >= 0.3 is 0 Å². The molecule has 0 aliphatic carbocycles. The fraction of sp³-hybridized carbons (Fsp3) is 0.375. The number of hydrogen-bond acceptors (Lipinski definition) is 0. The molecule has 1 aliphatic rings. The van der Waals surface area contributed by atoms with Crippen LogP contribution in [0, 0.1) is 5.92 Å². The van der Waals surface area contributed by atoms with Gasteiger partial charge in [0.15, 0.2) is 12.4 Å². The molecule has 0 N–H and O–H groups in total. The first kappa shape index (κ1) is 6.27. The van der Waals surface area contributed by atoms with Gasteiger partial charge in [0.05, 0.1) is 5.92 Å². The summed E-state index contributed by atoms with van der Waals surface area (Å²) in [5.74, 6) is 0.560. The Morgan fingerprint density at radius 2 is 2.11 bits per heavy atom. The lowest BCUT2D eigenvalue weighted by Gasteiger charge is -1.89. The molecule has 1 atom stereocenters. The number of allylic oxidation sites excluding steroid dienone is 3. The van der Waals surface area contributed by atoms with Gasteiger partial charge in [-0.25, -0.2) is 4.58 Å². The Balaban J connectivity index is 2.77. The normalized spacial score (nSPS) is 25.6. The highest BCUT2D eigenvalue weighted by molar-refractivity contribution is 5.58. The maximum Gasteiger partial charge on any atom is 0.168 e. The molecule has 0 radical (unpaired) electrons. The Labute approximate surface area is 56.0 Å². The number of rotatable bonds is 0. The zero-order valence-electron chi connectivity index (χ0n) is 5.91. The summed E-state index contributed by atoms with van der Waals surface area (Å²) in [6.07, 6.45) is 10.5.